The van der Waals surface area contributed by atoms with Gasteiger partial charge >= 0.3 is 11.9 Å². The third-order valence-corrected chi connectivity index (χ3v) is 16.6. The minimum atomic E-state index is -1.70. The molecule has 22 atom stereocenters. The summed E-state index contributed by atoms with van der Waals surface area (Å²) in [4.78, 5) is 23.5. The van der Waals surface area contributed by atoms with E-state index < -0.39 is 104 Å². The number of aliphatic carboxylic acids is 1. The molecule has 8 aliphatic rings. The highest BCUT2D eigenvalue weighted by molar-refractivity contribution is 5.73. The molecule has 4 saturated heterocycles. The highest BCUT2D eigenvalue weighted by atomic mass is 16.8. The van der Waals surface area contributed by atoms with Crippen molar-refractivity contribution in [1.29, 1.82) is 0 Å². The third kappa shape index (κ3) is 8.14. The van der Waals surface area contributed by atoms with Crippen LogP contribution in [0.2, 0.25) is 0 Å². The van der Waals surface area contributed by atoms with Crippen LogP contribution >= 0.6 is 0 Å². The van der Waals surface area contributed by atoms with E-state index >= 15 is 0 Å². The van der Waals surface area contributed by atoms with Crippen LogP contribution in [0, 0.1) is 40.4 Å². The van der Waals surface area contributed by atoms with Crippen LogP contribution in [0.1, 0.15) is 105 Å². The Balaban J connectivity index is 0.901. The Morgan fingerprint density at radius 1 is 0.869 bits per heavy atom. The lowest BCUT2D eigenvalue weighted by molar-refractivity contribution is -0.369. The van der Waals surface area contributed by atoms with Crippen molar-refractivity contribution in [3.63, 3.8) is 0 Å². The smallest absolute Gasteiger partial charge is 0.308 e. The van der Waals surface area contributed by atoms with Crippen LogP contribution in [0.5, 0.6) is 0 Å². The lowest BCUT2D eigenvalue weighted by Gasteiger charge is -2.58. The van der Waals surface area contributed by atoms with Crippen molar-refractivity contribution >= 4 is 11.9 Å². The topological polar surface area (TPSA) is 261 Å². The fourth-order valence-electron chi connectivity index (χ4n) is 13.4. The first-order valence-electron chi connectivity index (χ1n) is 22.5. The van der Waals surface area contributed by atoms with Gasteiger partial charge in [-0.2, -0.15) is 0 Å². The van der Waals surface area contributed by atoms with Gasteiger partial charge in [-0.3, -0.25) is 9.59 Å². The van der Waals surface area contributed by atoms with Gasteiger partial charge < -0.3 is 74.0 Å². The van der Waals surface area contributed by atoms with Crippen LogP contribution in [0.4, 0.5) is 0 Å². The van der Waals surface area contributed by atoms with Crippen molar-refractivity contribution in [3.05, 3.63) is 11.6 Å². The third-order valence-electron chi connectivity index (χ3n) is 16.6. The summed E-state index contributed by atoms with van der Waals surface area (Å²) < 4.78 is 43.1. The minimum Gasteiger partial charge on any atom is -0.481 e. The minimum absolute atomic E-state index is 0.0178. The van der Waals surface area contributed by atoms with Gasteiger partial charge in [0.15, 0.2) is 18.4 Å². The molecule has 8 N–H and O–H groups in total. The summed E-state index contributed by atoms with van der Waals surface area (Å²) in [6, 6.07) is 0. The first-order chi connectivity index (χ1) is 28.7. The molecule has 4 heterocycles. The first kappa shape index (κ1) is 45.7. The Morgan fingerprint density at radius 3 is 2.34 bits per heavy atom. The molecule has 0 bridgehead atoms. The molecule has 4 aliphatic heterocycles. The van der Waals surface area contributed by atoms with Crippen LogP contribution < -0.4 is 0 Å². The number of rotatable bonds is 11. The number of hydrogen-bond donors (Lipinski definition) is 8. The number of carbonyl (C=O) groups is 2. The molecule has 17 heteroatoms. The number of fused-ring (bicyclic) bond motifs is 7. The Hall–Kier alpha value is -1.84. The summed E-state index contributed by atoms with van der Waals surface area (Å²) in [5.74, 6) is -0.743. The molecule has 22 unspecified atom stereocenters. The number of aliphatic hydroxyl groups is 7. The second-order valence-electron chi connectivity index (χ2n) is 20.5. The van der Waals surface area contributed by atoms with Crippen molar-refractivity contribution < 1.29 is 83.6 Å². The van der Waals surface area contributed by atoms with E-state index in [1.807, 2.05) is 0 Å². The zero-order valence-corrected chi connectivity index (χ0v) is 35.9. The highest BCUT2D eigenvalue weighted by Gasteiger charge is 2.69. The monoisotopic (exact) mass is 868 g/mol. The van der Waals surface area contributed by atoms with E-state index in [-0.39, 0.29) is 41.7 Å². The number of ether oxygens (including phenoxy) is 7. The fourth-order valence-corrected chi connectivity index (χ4v) is 13.4. The summed E-state index contributed by atoms with van der Waals surface area (Å²) in [6.45, 7) is 9.35. The molecule has 3 saturated carbocycles. The van der Waals surface area contributed by atoms with E-state index in [4.69, 9.17) is 38.3 Å². The van der Waals surface area contributed by atoms with Crippen molar-refractivity contribution in [2.24, 2.45) is 40.4 Å². The summed E-state index contributed by atoms with van der Waals surface area (Å²) >= 11 is 0. The van der Waals surface area contributed by atoms with Crippen LogP contribution in [0.15, 0.2) is 11.6 Å². The van der Waals surface area contributed by atoms with Crippen LogP contribution in [-0.4, -0.2) is 157 Å². The number of carbonyl (C=O) groups excluding carboxylic acids is 1. The van der Waals surface area contributed by atoms with Crippen molar-refractivity contribution in [2.45, 2.75) is 196 Å². The number of aliphatic hydroxyl groups excluding tert-OH is 6. The number of carboxylic acids is 1. The lowest BCUT2D eigenvalue weighted by atomic mass is 9.47. The fraction of sp³-hybridized carbons (Fsp3) is 0.909. The van der Waals surface area contributed by atoms with E-state index in [1.165, 1.54) is 19.4 Å². The molecule has 7 fully saturated rings. The number of carboxylic acid groups (broad SMARTS) is 1. The number of esters is 1. The Morgan fingerprint density at radius 2 is 1.62 bits per heavy atom. The van der Waals surface area contributed by atoms with Gasteiger partial charge in [-0.1, -0.05) is 32.4 Å². The summed E-state index contributed by atoms with van der Waals surface area (Å²) in [7, 11) is 0. The van der Waals surface area contributed by atoms with E-state index in [9.17, 15) is 45.3 Å². The van der Waals surface area contributed by atoms with E-state index in [0.29, 0.717) is 49.4 Å². The Kier molecular flexibility index (Phi) is 12.6. The van der Waals surface area contributed by atoms with Gasteiger partial charge in [0.2, 0.25) is 0 Å². The van der Waals surface area contributed by atoms with Crippen LogP contribution in [0.3, 0.4) is 0 Å². The van der Waals surface area contributed by atoms with Gasteiger partial charge in [-0.25, -0.2) is 0 Å². The Bertz CT molecular complexity index is 1660. The summed E-state index contributed by atoms with van der Waals surface area (Å²) in [5.41, 5.74) is -0.354. The average Bonchev–Trinajstić information content (AvgIpc) is 3.83. The molecular weight excluding hydrogens is 800 g/mol. The van der Waals surface area contributed by atoms with E-state index in [0.717, 1.165) is 32.1 Å². The van der Waals surface area contributed by atoms with Crippen LogP contribution in [0.25, 0.3) is 0 Å². The molecule has 8 rings (SSSR count). The zero-order valence-electron chi connectivity index (χ0n) is 35.9. The first-order valence-corrected chi connectivity index (χ1v) is 22.5. The Labute approximate surface area is 356 Å². The molecule has 0 radical (unpaired) electrons. The molecule has 4 aliphatic carbocycles. The standard InChI is InChI=1S/C44H68O17/c1-20-32-28(61-44(20)13-9-24(60-44)19-55-31(48)17-41(3,54)16-30(46)47)15-27-25-7-6-22-14-23(8-11-42(22,4)26(25)10-12-43(27,32)5)57-40-38(36(52)34(50)29(18-45)58-40)59-39-37(53)35(51)33(49)21(2)56-39/h6,20-21,23-29,32-40,45,49-54H,7-19H2,1-5H3,(H,46,47). The van der Waals surface area contributed by atoms with E-state index in [1.54, 1.807) is 0 Å². The maximum atomic E-state index is 12.5. The molecule has 61 heavy (non-hydrogen) atoms. The molecule has 0 aromatic heterocycles. The van der Waals surface area contributed by atoms with Gasteiger partial charge in [-0.15, -0.1) is 0 Å². The second-order valence-corrected chi connectivity index (χ2v) is 20.5. The molecule has 17 nitrogen and oxygen atoms in total. The molecule has 1 spiro atoms. The molecule has 346 valence electrons. The maximum absolute atomic E-state index is 12.5. The molecule has 0 aromatic carbocycles. The number of hydrogen-bond acceptors (Lipinski definition) is 16. The highest BCUT2D eigenvalue weighted by Crippen LogP contribution is 2.71. The number of allylic oxidation sites excluding steroid dienone is 1. The van der Waals surface area contributed by atoms with Crippen molar-refractivity contribution in [3.8, 4) is 0 Å². The molecule has 0 aromatic rings. The van der Waals surface area contributed by atoms with E-state index in [2.05, 4.69) is 26.8 Å². The predicted octanol–water partition coefficient (Wildman–Crippen LogP) is 1.28. The van der Waals surface area contributed by atoms with Gasteiger partial charge in [0.1, 0.15) is 49.3 Å². The quantitative estimate of drug-likeness (QED) is 0.107. The molecule has 0 amide bonds. The largest absolute Gasteiger partial charge is 0.481 e. The van der Waals surface area contributed by atoms with Crippen molar-refractivity contribution in [2.75, 3.05) is 13.2 Å². The van der Waals surface area contributed by atoms with Crippen molar-refractivity contribution in [1.82, 2.24) is 0 Å². The van der Waals surface area contributed by atoms with Gasteiger partial charge in [0, 0.05) is 12.3 Å². The molecular formula is C44H68O17. The van der Waals surface area contributed by atoms with Gasteiger partial charge in [0.25, 0.3) is 0 Å². The summed E-state index contributed by atoms with van der Waals surface area (Å²) in [6.07, 6.45) is -5.33. The SMILES string of the molecule is CC1OC(OC2C(OC3CCC4(C)C(=CCC5C4CCC4(C)C5CC5OC6(CCC(COC(=O)CC(C)(O)CC(=O)O)O6)C(C)C54)C3)OC(CO)C(O)C2O)C(O)C(O)C1O. The summed E-state index contributed by atoms with van der Waals surface area (Å²) in [5, 5.41) is 82.4. The van der Waals surface area contributed by atoms with Crippen LogP contribution in [-0.2, 0) is 42.7 Å². The average molecular weight is 869 g/mol. The predicted molar refractivity (Wildman–Crippen MR) is 210 cm³/mol. The second kappa shape index (κ2) is 16.9. The zero-order chi connectivity index (χ0) is 44.0. The van der Waals surface area contributed by atoms with Gasteiger partial charge in [-0.05, 0) is 99.7 Å². The lowest BCUT2D eigenvalue weighted by Crippen LogP contribution is -2.64. The maximum Gasteiger partial charge on any atom is 0.308 e. The van der Waals surface area contributed by atoms with Gasteiger partial charge in [0.05, 0.1) is 49.5 Å². The normalized spacial score (nSPS) is 51.4.